The molecular formula is C34H60O6. The third-order valence-corrected chi connectivity index (χ3v) is 7.80. The lowest BCUT2D eigenvalue weighted by atomic mass is 10.00. The molecule has 232 valence electrons. The van der Waals surface area contributed by atoms with Crippen molar-refractivity contribution >= 4 is 23.1 Å². The van der Waals surface area contributed by atoms with Crippen molar-refractivity contribution in [3.05, 3.63) is 0 Å². The topological polar surface area (TPSA) is 86.7 Å². The van der Waals surface area contributed by atoms with Crippen LogP contribution >= 0.6 is 0 Å². The molecule has 2 heterocycles. The molecular weight excluding hydrogens is 504 g/mol. The Morgan fingerprint density at radius 2 is 0.425 bits per heavy atom. The van der Waals surface area contributed by atoms with Crippen molar-refractivity contribution in [2.24, 2.45) is 0 Å². The Morgan fingerprint density at radius 3 is 0.500 bits per heavy atom. The number of ether oxygens (including phenoxy) is 2. The summed E-state index contributed by atoms with van der Waals surface area (Å²) in [5.41, 5.74) is 0. The Bertz CT molecular complexity index is 496. The van der Waals surface area contributed by atoms with Crippen molar-refractivity contribution in [2.75, 3.05) is 26.4 Å². The van der Waals surface area contributed by atoms with Crippen LogP contribution < -0.4 is 0 Å². The van der Waals surface area contributed by atoms with E-state index in [0.29, 0.717) is 23.1 Å². The Morgan fingerprint density at radius 1 is 0.250 bits per heavy atom. The van der Waals surface area contributed by atoms with Gasteiger partial charge in [-0.25, -0.2) is 0 Å². The number of carbonyl (C=O) groups excluding carboxylic acids is 4. The lowest BCUT2D eigenvalue weighted by Crippen LogP contribution is -2.03. The van der Waals surface area contributed by atoms with E-state index in [-0.39, 0.29) is 0 Å². The maximum atomic E-state index is 10.5. The second-order valence-corrected chi connectivity index (χ2v) is 11.7. The summed E-state index contributed by atoms with van der Waals surface area (Å²) >= 11 is 0. The summed E-state index contributed by atoms with van der Waals surface area (Å²) in [6.45, 7) is 4.00. The normalized spacial score (nSPS) is 23.0. The highest BCUT2D eigenvalue weighted by atomic mass is 16.5. The zero-order chi connectivity index (χ0) is 28.9. The largest absolute Gasteiger partial charge is 0.381 e. The summed E-state index contributed by atoms with van der Waals surface area (Å²) in [6, 6.07) is 0. The maximum Gasteiger partial charge on any atom is 0.132 e. The molecule has 6 fully saturated rings. The maximum absolute atomic E-state index is 10.5. The number of ketones is 4. The van der Waals surface area contributed by atoms with Gasteiger partial charge < -0.3 is 9.47 Å². The van der Waals surface area contributed by atoms with Gasteiger partial charge >= 0.3 is 0 Å². The summed E-state index contributed by atoms with van der Waals surface area (Å²) in [5, 5.41) is 0. The van der Waals surface area contributed by atoms with E-state index < -0.39 is 0 Å². The average Bonchev–Trinajstić information content (AvgIpc) is 3.02. The highest BCUT2D eigenvalue weighted by Gasteiger charge is 2.08. The number of carbonyl (C=O) groups is 4. The molecule has 2 saturated heterocycles. The van der Waals surface area contributed by atoms with E-state index in [1.807, 2.05) is 0 Å². The molecule has 40 heavy (non-hydrogen) atoms. The first-order chi connectivity index (χ1) is 19.6. The summed E-state index contributed by atoms with van der Waals surface area (Å²) in [4.78, 5) is 41.9. The molecule has 0 atom stereocenters. The quantitative estimate of drug-likeness (QED) is 0.293. The van der Waals surface area contributed by atoms with E-state index >= 15 is 0 Å². The Labute approximate surface area is 245 Å². The van der Waals surface area contributed by atoms with E-state index in [1.54, 1.807) is 0 Å². The monoisotopic (exact) mass is 564 g/mol. The van der Waals surface area contributed by atoms with Gasteiger partial charge in [0.05, 0.1) is 0 Å². The number of rotatable bonds is 0. The van der Waals surface area contributed by atoms with Crippen LogP contribution in [0.1, 0.15) is 167 Å². The SMILES string of the molecule is C1CCOCC1.C1CCOCC1.O=C1CCCCC1.O=C1CCCCC1.O=C1CCCCC1.O=C1CCCCC1. The minimum absolute atomic E-state index is 0.464. The van der Waals surface area contributed by atoms with Crippen molar-refractivity contribution in [3.63, 3.8) is 0 Å². The molecule has 0 spiro atoms. The average molecular weight is 565 g/mol. The smallest absolute Gasteiger partial charge is 0.132 e. The van der Waals surface area contributed by atoms with Crippen LogP contribution in [0.2, 0.25) is 0 Å². The molecule has 6 nitrogen and oxygen atoms in total. The van der Waals surface area contributed by atoms with Crippen molar-refractivity contribution in [1.82, 2.24) is 0 Å². The molecule has 4 saturated carbocycles. The molecule has 4 aliphatic carbocycles. The van der Waals surface area contributed by atoms with Gasteiger partial charge in [0, 0.05) is 77.8 Å². The molecule has 0 aromatic carbocycles. The van der Waals surface area contributed by atoms with Gasteiger partial charge in [0.2, 0.25) is 0 Å². The fourth-order valence-corrected chi connectivity index (χ4v) is 5.16. The fourth-order valence-electron chi connectivity index (χ4n) is 5.16. The second kappa shape index (κ2) is 27.8. The number of Topliss-reactive ketones (excluding diaryl/α,β-unsaturated/α-hetero) is 4. The Hall–Kier alpha value is -1.40. The van der Waals surface area contributed by atoms with E-state index in [0.717, 1.165) is 129 Å². The molecule has 0 aromatic rings. The molecule has 0 bridgehead atoms. The predicted molar refractivity (Wildman–Crippen MR) is 162 cm³/mol. The number of hydrogen-bond donors (Lipinski definition) is 0. The zero-order valence-electron chi connectivity index (χ0n) is 25.7. The van der Waals surface area contributed by atoms with Crippen LogP contribution in [0.5, 0.6) is 0 Å². The third-order valence-electron chi connectivity index (χ3n) is 7.80. The Balaban J connectivity index is 0.000000240. The van der Waals surface area contributed by atoms with Crippen LogP contribution in [0.25, 0.3) is 0 Å². The van der Waals surface area contributed by atoms with Crippen molar-refractivity contribution < 1.29 is 28.7 Å². The zero-order valence-corrected chi connectivity index (χ0v) is 25.7. The standard InChI is InChI=1S/4C6H10O.2C5H10O/c4*7-6-4-2-1-3-5-6;2*1-2-4-6-5-3-1/h4*1-5H2;2*1-5H2. The van der Waals surface area contributed by atoms with Crippen molar-refractivity contribution in [1.29, 1.82) is 0 Å². The molecule has 0 radical (unpaired) electrons. The van der Waals surface area contributed by atoms with Crippen LogP contribution in [0.4, 0.5) is 0 Å². The van der Waals surface area contributed by atoms with Gasteiger partial charge in [0.1, 0.15) is 23.1 Å². The molecule has 6 aliphatic rings. The van der Waals surface area contributed by atoms with Crippen molar-refractivity contribution in [3.8, 4) is 0 Å². The summed E-state index contributed by atoms with van der Waals surface area (Å²) in [6.07, 6.45) is 28.8. The molecule has 0 amide bonds. The van der Waals surface area contributed by atoms with Gasteiger partial charge in [-0.1, -0.05) is 25.7 Å². The van der Waals surface area contributed by atoms with Crippen LogP contribution in [0.3, 0.4) is 0 Å². The fraction of sp³-hybridized carbons (Fsp3) is 0.882. The Kier molecular flexibility index (Phi) is 25.4. The minimum Gasteiger partial charge on any atom is -0.381 e. The van der Waals surface area contributed by atoms with Gasteiger partial charge in [0.15, 0.2) is 0 Å². The first-order valence-electron chi connectivity index (χ1n) is 16.8. The first kappa shape index (κ1) is 36.6. The van der Waals surface area contributed by atoms with E-state index in [9.17, 15) is 19.2 Å². The van der Waals surface area contributed by atoms with Gasteiger partial charge in [0.25, 0.3) is 0 Å². The third kappa shape index (κ3) is 25.6. The van der Waals surface area contributed by atoms with E-state index in [1.165, 1.54) is 64.2 Å². The lowest BCUT2D eigenvalue weighted by Gasteiger charge is -2.08. The van der Waals surface area contributed by atoms with Crippen LogP contribution in [0.15, 0.2) is 0 Å². The van der Waals surface area contributed by atoms with Gasteiger partial charge in [-0.15, -0.1) is 0 Å². The summed E-state index contributed by atoms with van der Waals surface area (Å²) in [7, 11) is 0. The lowest BCUT2D eigenvalue weighted by molar-refractivity contribution is -0.121. The van der Waals surface area contributed by atoms with Crippen LogP contribution in [-0.4, -0.2) is 49.6 Å². The van der Waals surface area contributed by atoms with Crippen LogP contribution in [-0.2, 0) is 28.7 Å². The first-order valence-corrected chi connectivity index (χ1v) is 16.8. The molecule has 0 N–H and O–H groups in total. The number of hydrogen-bond acceptors (Lipinski definition) is 6. The van der Waals surface area contributed by atoms with Crippen LogP contribution in [0, 0.1) is 0 Å². The predicted octanol–water partition coefficient (Wildman–Crippen LogP) is 8.45. The van der Waals surface area contributed by atoms with E-state index in [4.69, 9.17) is 9.47 Å². The molecule has 0 aromatic heterocycles. The van der Waals surface area contributed by atoms with E-state index in [2.05, 4.69) is 0 Å². The van der Waals surface area contributed by atoms with Crippen molar-refractivity contribution in [2.45, 2.75) is 167 Å². The molecule has 0 unspecified atom stereocenters. The molecule has 6 heteroatoms. The highest BCUT2D eigenvalue weighted by molar-refractivity contribution is 5.79. The molecule has 2 aliphatic heterocycles. The highest BCUT2D eigenvalue weighted by Crippen LogP contribution is 2.14. The van der Waals surface area contributed by atoms with Gasteiger partial charge in [-0.3, -0.25) is 19.2 Å². The molecule has 6 rings (SSSR count). The summed E-state index contributed by atoms with van der Waals surface area (Å²) < 4.78 is 10.1. The second-order valence-electron chi connectivity index (χ2n) is 11.7. The summed E-state index contributed by atoms with van der Waals surface area (Å²) in [5.74, 6) is 1.86. The van der Waals surface area contributed by atoms with Gasteiger partial charge in [-0.2, -0.15) is 0 Å². The van der Waals surface area contributed by atoms with Gasteiger partial charge in [-0.05, 0) is 89.9 Å². The minimum atomic E-state index is 0.464.